The van der Waals surface area contributed by atoms with E-state index in [0.717, 1.165) is 0 Å². The summed E-state index contributed by atoms with van der Waals surface area (Å²) in [7, 11) is 0. The van der Waals surface area contributed by atoms with Crippen LogP contribution in [0.4, 0.5) is 0 Å². The molecule has 0 spiro atoms. The molecule has 0 fully saturated rings. The zero-order chi connectivity index (χ0) is 4.28. The summed E-state index contributed by atoms with van der Waals surface area (Å²) in [6.07, 6.45) is 0. The molecule has 1 radical (unpaired) electrons. The van der Waals surface area contributed by atoms with Crippen LogP contribution in [-0.4, -0.2) is 11.7 Å². The van der Waals surface area contributed by atoms with E-state index >= 15 is 0 Å². The van der Waals surface area contributed by atoms with E-state index in [0.29, 0.717) is 0 Å². The smallest absolute Gasteiger partial charge is 0.232 e. The van der Waals surface area contributed by atoms with Crippen LogP contribution < -0.4 is 5.73 Å². The standard InChI is InChI=1S/C2H4NOS/c3-1-2(4)5/h1,3H2. The summed E-state index contributed by atoms with van der Waals surface area (Å²) in [5.74, 6) is 0. The van der Waals surface area contributed by atoms with Crippen molar-refractivity contribution < 1.29 is 4.79 Å². The Kier molecular flexibility index (Phi) is 2.05. The molecule has 0 aromatic heterocycles. The van der Waals surface area contributed by atoms with Gasteiger partial charge in [-0.15, -0.1) is 0 Å². The first-order valence-corrected chi connectivity index (χ1v) is 1.58. The Balaban J connectivity index is 2.85. The van der Waals surface area contributed by atoms with Gasteiger partial charge in [0, 0.05) is 0 Å². The molecule has 0 saturated carbocycles. The van der Waals surface area contributed by atoms with Gasteiger partial charge in [-0.2, -0.15) is 0 Å². The molecule has 0 rings (SSSR count). The fourth-order valence-electron chi connectivity index (χ4n) is 0. The number of nitrogens with two attached hydrogens (primary N) is 1. The fourth-order valence-corrected chi connectivity index (χ4v) is 0. The van der Waals surface area contributed by atoms with Crippen molar-refractivity contribution in [1.29, 1.82) is 0 Å². The average Bonchev–Trinajstić information content (AvgIpc) is 1.38. The Morgan fingerprint density at radius 3 is 2.20 bits per heavy atom. The molecule has 0 aliphatic heterocycles. The minimum Gasteiger partial charge on any atom is -0.323 e. The van der Waals surface area contributed by atoms with Gasteiger partial charge in [0.2, 0.25) is 5.12 Å². The maximum absolute atomic E-state index is 9.50. The molecule has 3 heteroatoms. The maximum Gasteiger partial charge on any atom is 0.232 e. The molecular weight excluding hydrogens is 86.1 g/mol. The second kappa shape index (κ2) is 2.11. The third-order valence-electron chi connectivity index (χ3n) is 0.167. The van der Waals surface area contributed by atoms with Crippen LogP contribution in [0.25, 0.3) is 0 Å². The predicted molar refractivity (Wildman–Crippen MR) is 21.7 cm³/mol. The largest absolute Gasteiger partial charge is 0.323 e. The van der Waals surface area contributed by atoms with Crippen molar-refractivity contribution in [2.75, 3.05) is 6.54 Å². The van der Waals surface area contributed by atoms with Crippen LogP contribution in [0.15, 0.2) is 0 Å². The first kappa shape index (κ1) is 4.85. The zero-order valence-corrected chi connectivity index (χ0v) is 3.42. The first-order valence-electron chi connectivity index (χ1n) is 1.17. The lowest BCUT2D eigenvalue weighted by Crippen LogP contribution is -2.05. The Hall–Kier alpha value is -0.150. The van der Waals surface area contributed by atoms with Gasteiger partial charge in [-0.25, -0.2) is 0 Å². The molecule has 0 heterocycles. The minimum atomic E-state index is -0.384. The second-order valence-electron chi connectivity index (χ2n) is 0.576. The number of rotatable bonds is 1. The van der Waals surface area contributed by atoms with Crippen molar-refractivity contribution in [3.63, 3.8) is 0 Å². The van der Waals surface area contributed by atoms with E-state index in [1.54, 1.807) is 0 Å². The topological polar surface area (TPSA) is 43.1 Å². The quantitative estimate of drug-likeness (QED) is 0.479. The van der Waals surface area contributed by atoms with Crippen molar-refractivity contribution in [3.8, 4) is 0 Å². The molecule has 0 saturated heterocycles. The second-order valence-corrected chi connectivity index (χ2v) is 1.03. The lowest BCUT2D eigenvalue weighted by molar-refractivity contribution is -0.109. The number of carbonyl (C=O) groups is 1. The first-order chi connectivity index (χ1) is 2.27. The van der Waals surface area contributed by atoms with Gasteiger partial charge < -0.3 is 5.73 Å². The zero-order valence-electron chi connectivity index (χ0n) is 2.60. The SMILES string of the molecule is NCC(=O)[S]. The van der Waals surface area contributed by atoms with E-state index in [1.807, 2.05) is 0 Å². The molecule has 5 heavy (non-hydrogen) atoms. The molecule has 0 aromatic rings. The van der Waals surface area contributed by atoms with Gasteiger partial charge in [0.1, 0.15) is 0 Å². The van der Waals surface area contributed by atoms with E-state index in [-0.39, 0.29) is 11.7 Å². The molecular formula is C2H4NOS. The third kappa shape index (κ3) is 3.85. The van der Waals surface area contributed by atoms with E-state index in [2.05, 4.69) is 12.6 Å². The van der Waals surface area contributed by atoms with Gasteiger partial charge >= 0.3 is 0 Å². The van der Waals surface area contributed by atoms with Crippen molar-refractivity contribution in [2.45, 2.75) is 0 Å². The lowest BCUT2D eigenvalue weighted by Gasteiger charge is -1.69. The molecule has 0 bridgehead atoms. The summed E-state index contributed by atoms with van der Waals surface area (Å²) in [4.78, 5) is 9.50. The molecule has 0 unspecified atom stereocenters. The molecule has 2 N–H and O–H groups in total. The van der Waals surface area contributed by atoms with Crippen LogP contribution in [0.1, 0.15) is 0 Å². The van der Waals surface area contributed by atoms with Crippen molar-refractivity contribution in [1.82, 2.24) is 0 Å². The Morgan fingerprint density at radius 2 is 2.20 bits per heavy atom. The molecule has 0 aliphatic rings. The minimum absolute atomic E-state index is 0.0185. The molecule has 0 amide bonds. The van der Waals surface area contributed by atoms with Crippen LogP contribution in [0, 0.1) is 0 Å². The maximum atomic E-state index is 9.50. The summed E-state index contributed by atoms with van der Waals surface area (Å²) < 4.78 is 0. The number of hydrogen-bond donors (Lipinski definition) is 1. The van der Waals surface area contributed by atoms with Crippen molar-refractivity contribution >= 4 is 17.7 Å². The Morgan fingerprint density at radius 1 is 2.00 bits per heavy atom. The van der Waals surface area contributed by atoms with Crippen LogP contribution in [-0.2, 0) is 4.79 Å². The number of hydrogen-bond acceptors (Lipinski definition) is 2. The monoisotopic (exact) mass is 90.0 g/mol. The van der Waals surface area contributed by atoms with Gasteiger partial charge in [0.25, 0.3) is 0 Å². The van der Waals surface area contributed by atoms with Gasteiger partial charge in [-0.3, -0.25) is 4.79 Å². The lowest BCUT2D eigenvalue weighted by atomic mass is 10.8. The molecule has 0 atom stereocenters. The van der Waals surface area contributed by atoms with E-state index < -0.39 is 0 Å². The van der Waals surface area contributed by atoms with Gasteiger partial charge in [-0.05, 0) is 12.6 Å². The molecule has 0 aliphatic carbocycles. The van der Waals surface area contributed by atoms with Gasteiger partial charge in [0.15, 0.2) is 0 Å². The summed E-state index contributed by atoms with van der Waals surface area (Å²) in [6, 6.07) is 0. The normalized spacial score (nSPS) is 7.40. The highest BCUT2D eigenvalue weighted by Gasteiger charge is 1.81. The van der Waals surface area contributed by atoms with Gasteiger partial charge in [-0.1, -0.05) is 0 Å². The highest BCUT2D eigenvalue weighted by molar-refractivity contribution is 7.96. The van der Waals surface area contributed by atoms with Crippen LogP contribution in [0.2, 0.25) is 0 Å². The summed E-state index contributed by atoms with van der Waals surface area (Å²) in [5.41, 5.74) is 4.72. The van der Waals surface area contributed by atoms with Crippen molar-refractivity contribution in [2.24, 2.45) is 5.73 Å². The summed E-state index contributed by atoms with van der Waals surface area (Å²) in [6.45, 7) is -0.0185. The fraction of sp³-hybridized carbons (Fsp3) is 0.500. The van der Waals surface area contributed by atoms with Gasteiger partial charge in [0.05, 0.1) is 6.54 Å². The van der Waals surface area contributed by atoms with E-state index in [9.17, 15) is 4.79 Å². The molecule has 2 nitrogen and oxygen atoms in total. The van der Waals surface area contributed by atoms with Crippen LogP contribution in [0.3, 0.4) is 0 Å². The van der Waals surface area contributed by atoms with E-state index in [1.165, 1.54) is 0 Å². The van der Waals surface area contributed by atoms with E-state index in [4.69, 9.17) is 5.73 Å². The highest BCUT2D eigenvalue weighted by Crippen LogP contribution is 1.66. The summed E-state index contributed by atoms with van der Waals surface area (Å²) >= 11 is 4.02. The Bertz CT molecular complexity index is 44.9. The summed E-state index contributed by atoms with van der Waals surface area (Å²) in [5, 5.41) is -0.384. The molecule has 0 aromatic carbocycles. The Labute approximate surface area is 35.8 Å². The van der Waals surface area contributed by atoms with Crippen LogP contribution in [0.5, 0.6) is 0 Å². The average molecular weight is 90.1 g/mol. The van der Waals surface area contributed by atoms with Crippen LogP contribution >= 0.6 is 12.6 Å². The predicted octanol–water partition coefficient (Wildman–Crippen LogP) is -0.331. The highest BCUT2D eigenvalue weighted by atomic mass is 32.1. The third-order valence-corrected chi connectivity index (χ3v) is 0.333. The van der Waals surface area contributed by atoms with Crippen molar-refractivity contribution in [3.05, 3.63) is 0 Å². The molecule has 29 valence electrons. The number of carbonyl (C=O) groups excluding carboxylic acids is 1.